The molecule has 1 aliphatic rings. The van der Waals surface area contributed by atoms with Gasteiger partial charge in [0.15, 0.2) is 0 Å². The van der Waals surface area contributed by atoms with E-state index in [1.807, 2.05) is 0 Å². The average Bonchev–Trinajstić information content (AvgIpc) is 3.04. The van der Waals surface area contributed by atoms with Crippen molar-refractivity contribution in [3.63, 3.8) is 0 Å². The first-order chi connectivity index (χ1) is 11.6. The van der Waals surface area contributed by atoms with Crippen LogP contribution in [0.4, 0.5) is 8.78 Å². The number of likely N-dealkylation sites (tertiary alicyclic amines) is 1. The van der Waals surface area contributed by atoms with Crippen LogP contribution in [-0.2, 0) is 6.54 Å². The van der Waals surface area contributed by atoms with Crippen molar-refractivity contribution < 1.29 is 13.9 Å². The minimum absolute atomic E-state index is 0.0212. The van der Waals surface area contributed by atoms with Gasteiger partial charge in [-0.2, -0.15) is 5.10 Å². The third kappa shape index (κ3) is 3.21. The standard InChI is InChI=1S/C18H23F2N3O/c1-2-18(12-24)6-8-23(9-7-18)11-13-10-21-22-17(13)16-14(19)4-3-5-15(16)20/h3-5,10,24H,2,6-9,11-12H2,1H3,(H,21,22). The number of hydrogen-bond donors (Lipinski definition) is 2. The summed E-state index contributed by atoms with van der Waals surface area (Å²) in [7, 11) is 0. The number of halogens is 2. The molecule has 3 rings (SSSR count). The Morgan fingerprint density at radius 1 is 1.25 bits per heavy atom. The third-order valence-electron chi connectivity index (χ3n) is 5.33. The van der Waals surface area contributed by atoms with E-state index in [9.17, 15) is 13.9 Å². The Bertz CT molecular complexity index is 667. The molecule has 1 fully saturated rings. The second-order valence-corrected chi connectivity index (χ2v) is 6.65. The minimum Gasteiger partial charge on any atom is -0.396 e. The molecule has 0 saturated carbocycles. The summed E-state index contributed by atoms with van der Waals surface area (Å²) < 4.78 is 28.1. The van der Waals surface area contributed by atoms with Gasteiger partial charge in [0.25, 0.3) is 0 Å². The molecule has 0 aliphatic carbocycles. The van der Waals surface area contributed by atoms with Gasteiger partial charge in [0.05, 0.1) is 17.5 Å². The van der Waals surface area contributed by atoms with Gasteiger partial charge in [-0.3, -0.25) is 10.00 Å². The maximum Gasteiger partial charge on any atom is 0.135 e. The molecule has 1 saturated heterocycles. The monoisotopic (exact) mass is 335 g/mol. The topological polar surface area (TPSA) is 52.1 Å². The molecule has 2 heterocycles. The maximum absolute atomic E-state index is 14.0. The largest absolute Gasteiger partial charge is 0.396 e. The number of aromatic amines is 1. The van der Waals surface area contributed by atoms with Crippen LogP contribution in [0.2, 0.25) is 0 Å². The zero-order chi connectivity index (χ0) is 17.2. The summed E-state index contributed by atoms with van der Waals surface area (Å²) in [5.41, 5.74) is 1.15. The minimum atomic E-state index is -0.593. The lowest BCUT2D eigenvalue weighted by molar-refractivity contribution is 0.0383. The molecule has 6 heteroatoms. The van der Waals surface area contributed by atoms with Gasteiger partial charge < -0.3 is 5.11 Å². The van der Waals surface area contributed by atoms with Crippen LogP contribution in [-0.4, -0.2) is 39.9 Å². The quantitative estimate of drug-likeness (QED) is 0.881. The number of H-pyrrole nitrogens is 1. The molecule has 24 heavy (non-hydrogen) atoms. The van der Waals surface area contributed by atoms with E-state index in [0.717, 1.165) is 37.9 Å². The fourth-order valence-corrected chi connectivity index (χ4v) is 3.43. The van der Waals surface area contributed by atoms with Crippen LogP contribution >= 0.6 is 0 Å². The molecular weight excluding hydrogens is 312 g/mol. The Hall–Kier alpha value is -1.79. The van der Waals surface area contributed by atoms with Crippen LogP contribution in [0.15, 0.2) is 24.4 Å². The molecule has 1 aromatic heterocycles. The van der Waals surface area contributed by atoms with E-state index < -0.39 is 11.6 Å². The van der Waals surface area contributed by atoms with Crippen LogP contribution in [0.3, 0.4) is 0 Å². The SMILES string of the molecule is CCC1(CO)CCN(Cc2cn[nH]c2-c2c(F)cccc2F)CC1. The number of aromatic nitrogens is 2. The summed E-state index contributed by atoms with van der Waals surface area (Å²) in [6.07, 6.45) is 4.46. The highest BCUT2D eigenvalue weighted by molar-refractivity contribution is 5.64. The van der Waals surface area contributed by atoms with E-state index in [1.165, 1.54) is 18.2 Å². The predicted molar refractivity (Wildman–Crippen MR) is 88.3 cm³/mol. The molecule has 0 amide bonds. The lowest BCUT2D eigenvalue weighted by Gasteiger charge is -2.40. The number of aliphatic hydroxyl groups excluding tert-OH is 1. The summed E-state index contributed by atoms with van der Waals surface area (Å²) in [5.74, 6) is -1.19. The number of aliphatic hydroxyl groups is 1. The fourth-order valence-electron chi connectivity index (χ4n) is 3.43. The van der Waals surface area contributed by atoms with Crippen LogP contribution in [0.5, 0.6) is 0 Å². The van der Waals surface area contributed by atoms with Crippen molar-refractivity contribution >= 4 is 0 Å². The zero-order valence-electron chi connectivity index (χ0n) is 13.9. The number of nitrogens with zero attached hydrogens (tertiary/aromatic N) is 2. The highest BCUT2D eigenvalue weighted by Crippen LogP contribution is 2.35. The molecule has 0 spiro atoms. The maximum atomic E-state index is 14.0. The van der Waals surface area contributed by atoms with Gasteiger partial charge in [-0.25, -0.2) is 8.78 Å². The molecule has 1 aliphatic heterocycles. The van der Waals surface area contributed by atoms with E-state index in [1.54, 1.807) is 6.20 Å². The number of rotatable bonds is 5. The van der Waals surface area contributed by atoms with E-state index in [-0.39, 0.29) is 17.6 Å². The Morgan fingerprint density at radius 3 is 2.50 bits per heavy atom. The van der Waals surface area contributed by atoms with Crippen molar-refractivity contribution in [2.45, 2.75) is 32.7 Å². The molecule has 0 unspecified atom stereocenters. The highest BCUT2D eigenvalue weighted by Gasteiger charge is 2.32. The molecule has 4 nitrogen and oxygen atoms in total. The van der Waals surface area contributed by atoms with Gasteiger partial charge in [-0.1, -0.05) is 13.0 Å². The third-order valence-corrected chi connectivity index (χ3v) is 5.33. The molecular formula is C18H23F2N3O. The van der Waals surface area contributed by atoms with Crippen LogP contribution in [0, 0.1) is 17.0 Å². The number of benzene rings is 1. The van der Waals surface area contributed by atoms with E-state index in [2.05, 4.69) is 22.0 Å². The zero-order valence-corrected chi connectivity index (χ0v) is 13.9. The first-order valence-corrected chi connectivity index (χ1v) is 8.38. The molecule has 2 aromatic rings. The van der Waals surface area contributed by atoms with Crippen molar-refractivity contribution in [2.24, 2.45) is 5.41 Å². The Kier molecular flexibility index (Phi) is 4.96. The van der Waals surface area contributed by atoms with Crippen LogP contribution in [0.25, 0.3) is 11.3 Å². The molecule has 1 aromatic carbocycles. The van der Waals surface area contributed by atoms with Crippen LogP contribution in [0.1, 0.15) is 31.7 Å². The molecule has 0 bridgehead atoms. The smallest absolute Gasteiger partial charge is 0.135 e. The van der Waals surface area contributed by atoms with Crippen molar-refractivity contribution in [1.29, 1.82) is 0 Å². The summed E-state index contributed by atoms with van der Waals surface area (Å²) in [6.45, 7) is 4.64. The van der Waals surface area contributed by atoms with Crippen molar-refractivity contribution in [1.82, 2.24) is 15.1 Å². The van der Waals surface area contributed by atoms with E-state index in [0.29, 0.717) is 12.2 Å². The molecule has 0 radical (unpaired) electrons. The summed E-state index contributed by atoms with van der Waals surface area (Å²) in [6, 6.07) is 3.86. The predicted octanol–water partition coefficient (Wildman–Crippen LogP) is 3.34. The van der Waals surface area contributed by atoms with Crippen LogP contribution < -0.4 is 0 Å². The number of nitrogens with one attached hydrogen (secondary N) is 1. The first kappa shape index (κ1) is 17.0. The highest BCUT2D eigenvalue weighted by atomic mass is 19.1. The van der Waals surface area contributed by atoms with Gasteiger partial charge in [0, 0.05) is 18.7 Å². The van der Waals surface area contributed by atoms with Gasteiger partial charge in [-0.15, -0.1) is 0 Å². The van der Waals surface area contributed by atoms with Crippen molar-refractivity contribution in [3.05, 3.63) is 41.6 Å². The van der Waals surface area contributed by atoms with E-state index >= 15 is 0 Å². The lowest BCUT2D eigenvalue weighted by Crippen LogP contribution is -2.41. The Balaban J connectivity index is 1.76. The normalized spacial score (nSPS) is 18.0. The summed E-state index contributed by atoms with van der Waals surface area (Å²) in [5, 5.41) is 16.3. The van der Waals surface area contributed by atoms with Crippen molar-refractivity contribution in [3.8, 4) is 11.3 Å². The lowest BCUT2D eigenvalue weighted by atomic mass is 9.77. The first-order valence-electron chi connectivity index (χ1n) is 8.38. The van der Waals surface area contributed by atoms with Gasteiger partial charge >= 0.3 is 0 Å². The summed E-state index contributed by atoms with van der Waals surface area (Å²) >= 11 is 0. The average molecular weight is 335 g/mol. The fraction of sp³-hybridized carbons (Fsp3) is 0.500. The molecule has 2 N–H and O–H groups in total. The second-order valence-electron chi connectivity index (χ2n) is 6.65. The van der Waals surface area contributed by atoms with Gasteiger partial charge in [-0.05, 0) is 49.9 Å². The Labute approximate surface area is 140 Å². The molecule has 0 atom stereocenters. The number of piperidine rings is 1. The second kappa shape index (κ2) is 6.99. The van der Waals surface area contributed by atoms with Gasteiger partial charge in [0.1, 0.15) is 11.6 Å². The Morgan fingerprint density at radius 2 is 1.92 bits per heavy atom. The summed E-state index contributed by atoms with van der Waals surface area (Å²) in [4.78, 5) is 2.25. The van der Waals surface area contributed by atoms with E-state index in [4.69, 9.17) is 0 Å². The van der Waals surface area contributed by atoms with Gasteiger partial charge in [0.2, 0.25) is 0 Å². The number of hydrogen-bond acceptors (Lipinski definition) is 3. The molecule has 130 valence electrons. The van der Waals surface area contributed by atoms with Crippen molar-refractivity contribution in [2.75, 3.05) is 19.7 Å².